The molecule has 0 unspecified atom stereocenters. The van der Waals surface area contributed by atoms with Crippen LogP contribution in [0.25, 0.3) is 168 Å². The fourth-order valence-corrected chi connectivity index (χ4v) is 14.6. The zero-order valence-corrected chi connectivity index (χ0v) is 44.2. The van der Waals surface area contributed by atoms with Crippen LogP contribution in [0.15, 0.2) is 279 Å². The third kappa shape index (κ3) is 6.88. The first-order chi connectivity index (χ1) is 39.7. The van der Waals surface area contributed by atoms with Gasteiger partial charge in [-0.3, -0.25) is 4.98 Å². The number of aromatic nitrogens is 2. The third-order valence-electron chi connectivity index (χ3n) is 17.0. The number of rotatable bonds is 6. The second-order valence-electron chi connectivity index (χ2n) is 21.3. The minimum Gasteiger partial charge on any atom is -0.309 e. The van der Waals surface area contributed by atoms with E-state index < -0.39 is 0 Å². The van der Waals surface area contributed by atoms with E-state index in [0.717, 1.165) is 55.7 Å². The Labute approximate surface area is 465 Å². The Balaban J connectivity index is 0.949. The molecule has 17 aromatic rings. The zero-order chi connectivity index (χ0) is 52.4. The van der Waals surface area contributed by atoms with Crippen LogP contribution in [0.2, 0.25) is 0 Å². The van der Waals surface area contributed by atoms with Crippen molar-refractivity contribution in [2.45, 2.75) is 0 Å². The Hall–Kier alpha value is -10.2. The van der Waals surface area contributed by atoms with Crippen LogP contribution in [-0.2, 0) is 0 Å². The molecule has 2 nitrogen and oxygen atoms in total. The second-order valence-corrected chi connectivity index (χ2v) is 22.4. The van der Waals surface area contributed by atoms with Crippen LogP contribution in [0.5, 0.6) is 0 Å². The van der Waals surface area contributed by atoms with E-state index in [1.807, 2.05) is 11.3 Å². The summed E-state index contributed by atoms with van der Waals surface area (Å²) >= 11 is 1.88. The molecule has 17 rings (SSSR count). The van der Waals surface area contributed by atoms with Gasteiger partial charge in [-0.2, -0.15) is 0 Å². The van der Waals surface area contributed by atoms with E-state index in [4.69, 9.17) is 4.98 Å². The molecular formula is C77H46N2S. The fraction of sp³-hybridized carbons (Fsp3) is 0. The number of fused-ring (bicyclic) bond motifs is 18. The lowest BCUT2D eigenvalue weighted by Crippen LogP contribution is -1.96. The zero-order valence-electron chi connectivity index (χ0n) is 43.4. The molecule has 0 bridgehead atoms. The number of nitrogens with zero attached hydrogens (tertiary/aromatic N) is 2. The topological polar surface area (TPSA) is 17.8 Å². The number of hydrogen-bond donors (Lipinski definition) is 0. The summed E-state index contributed by atoms with van der Waals surface area (Å²) in [4.78, 5) is 5.42. The third-order valence-corrected chi connectivity index (χ3v) is 18.2. The highest BCUT2D eigenvalue weighted by molar-refractivity contribution is 7.26. The molecule has 0 atom stereocenters. The maximum Gasteiger partial charge on any atom is 0.0709 e. The summed E-state index contributed by atoms with van der Waals surface area (Å²) < 4.78 is 5.05. The molecule has 0 amide bonds. The molecule has 3 heterocycles. The number of thiophene rings is 1. The van der Waals surface area contributed by atoms with Gasteiger partial charge in [0.25, 0.3) is 0 Å². The molecule has 14 aromatic carbocycles. The first kappa shape index (κ1) is 44.9. The predicted octanol–water partition coefficient (Wildman–Crippen LogP) is 21.8. The van der Waals surface area contributed by atoms with Gasteiger partial charge in [0.2, 0.25) is 0 Å². The monoisotopic (exact) mass is 1030 g/mol. The van der Waals surface area contributed by atoms with E-state index >= 15 is 0 Å². The summed E-state index contributed by atoms with van der Waals surface area (Å²) in [6.07, 6.45) is 2.11. The Morgan fingerprint density at radius 1 is 0.250 bits per heavy atom. The predicted molar refractivity (Wildman–Crippen MR) is 344 cm³/mol. The summed E-state index contributed by atoms with van der Waals surface area (Å²) in [5.74, 6) is 0. The molecule has 0 radical (unpaired) electrons. The van der Waals surface area contributed by atoms with Crippen LogP contribution in [-0.4, -0.2) is 9.55 Å². The van der Waals surface area contributed by atoms with Crippen molar-refractivity contribution < 1.29 is 0 Å². The minimum atomic E-state index is 0.930. The van der Waals surface area contributed by atoms with E-state index in [9.17, 15) is 0 Å². The highest BCUT2D eigenvalue weighted by Gasteiger charge is 2.21. The Morgan fingerprint density at radius 2 is 0.675 bits per heavy atom. The van der Waals surface area contributed by atoms with Crippen LogP contribution in [0, 0.1) is 0 Å². The van der Waals surface area contributed by atoms with Crippen LogP contribution in [0.3, 0.4) is 0 Å². The van der Waals surface area contributed by atoms with Crippen molar-refractivity contribution in [1.82, 2.24) is 9.55 Å². The van der Waals surface area contributed by atoms with Gasteiger partial charge in [0.1, 0.15) is 0 Å². The Kier molecular flexibility index (Phi) is 9.92. The van der Waals surface area contributed by atoms with Gasteiger partial charge < -0.3 is 4.57 Å². The Bertz CT molecular complexity index is 5360. The van der Waals surface area contributed by atoms with E-state index in [2.05, 4.69) is 284 Å². The number of benzene rings is 14. The molecule has 3 aromatic heterocycles. The highest BCUT2D eigenvalue weighted by atomic mass is 32.1. The quantitative estimate of drug-likeness (QED) is 0.152. The molecule has 0 aliphatic rings. The van der Waals surface area contributed by atoms with Gasteiger partial charge in [0.05, 0.1) is 16.7 Å². The number of hydrogen-bond acceptors (Lipinski definition) is 2. The second kappa shape index (κ2) is 17.7. The maximum atomic E-state index is 5.42. The fourth-order valence-electron chi connectivity index (χ4n) is 13.3. The molecule has 0 saturated heterocycles. The summed E-state index contributed by atoms with van der Waals surface area (Å²) in [5.41, 5.74) is 14.8. The number of pyridine rings is 1. The first-order valence-corrected chi connectivity index (χ1v) is 28.3. The average Bonchev–Trinajstić information content (AvgIpc) is 4.10. The molecule has 0 fully saturated rings. The molecule has 370 valence electrons. The van der Waals surface area contributed by atoms with Crippen molar-refractivity contribution in [3.8, 4) is 61.5 Å². The minimum absolute atomic E-state index is 0.930. The highest BCUT2D eigenvalue weighted by Crippen LogP contribution is 2.47. The van der Waals surface area contributed by atoms with Crippen molar-refractivity contribution in [3.05, 3.63) is 279 Å². The maximum absolute atomic E-state index is 5.42. The molecular weight excluding hydrogens is 985 g/mol. The van der Waals surface area contributed by atoms with Gasteiger partial charge in [-0.05, 0) is 177 Å². The molecule has 0 spiro atoms. The van der Waals surface area contributed by atoms with Gasteiger partial charge in [0, 0.05) is 53.8 Å². The smallest absolute Gasteiger partial charge is 0.0709 e. The number of para-hydroxylation sites is 2. The lowest BCUT2D eigenvalue weighted by atomic mass is 9.85. The lowest BCUT2D eigenvalue weighted by Gasteiger charge is -2.19. The SMILES string of the molecule is c1cc(-c2cc(-c3cc4c5ccccc5c5ccccc5c4cn3)cc(-c3cc4c5ccccc5c5ccccc5c4cc3-c3cccc(-n4c5ccccc5c5ccccc54)c3)c2)cc(-c2cccc3c2sc2ccccc23)c1. The van der Waals surface area contributed by atoms with Crippen molar-refractivity contribution in [3.63, 3.8) is 0 Å². The summed E-state index contributed by atoms with van der Waals surface area (Å²) in [6, 6.07) is 101. The Morgan fingerprint density at radius 3 is 1.30 bits per heavy atom. The van der Waals surface area contributed by atoms with Crippen molar-refractivity contribution in [2.24, 2.45) is 0 Å². The summed E-state index contributed by atoms with van der Waals surface area (Å²) in [5, 5.41) is 19.8. The molecule has 0 aliphatic carbocycles. The summed E-state index contributed by atoms with van der Waals surface area (Å²) in [6.45, 7) is 0. The molecule has 3 heteroatoms. The van der Waals surface area contributed by atoms with Crippen LogP contribution < -0.4 is 0 Å². The van der Waals surface area contributed by atoms with E-state index in [0.29, 0.717) is 0 Å². The molecule has 80 heavy (non-hydrogen) atoms. The van der Waals surface area contributed by atoms with Crippen LogP contribution in [0.4, 0.5) is 0 Å². The van der Waals surface area contributed by atoms with Crippen molar-refractivity contribution in [2.75, 3.05) is 0 Å². The van der Waals surface area contributed by atoms with Crippen LogP contribution in [0.1, 0.15) is 0 Å². The van der Waals surface area contributed by atoms with Crippen molar-refractivity contribution in [1.29, 1.82) is 0 Å². The van der Waals surface area contributed by atoms with Gasteiger partial charge >= 0.3 is 0 Å². The van der Waals surface area contributed by atoms with Gasteiger partial charge in [-0.25, -0.2) is 0 Å². The van der Waals surface area contributed by atoms with E-state index in [1.54, 1.807) is 0 Å². The lowest BCUT2D eigenvalue weighted by molar-refractivity contribution is 1.18. The molecule has 0 saturated carbocycles. The van der Waals surface area contributed by atoms with Gasteiger partial charge in [0.15, 0.2) is 0 Å². The normalized spacial score (nSPS) is 12.0. The standard InChI is InChI=1S/C77H46N2S/c1-5-26-59-55(22-1)56-23-2-6-27-60(56)70-44-68(67(43-69(59)70)49-20-16-21-53(42-49)79-74-35-12-9-30-63(74)64-31-10-13-36-75(64)79)51-39-50(47-18-15-19-48(38-47)54-33-17-34-66-65-32-11-14-37-76(65)80-77(54)66)40-52(41-51)73-45-71-61-28-7-3-24-57(61)58-25-4-8-29-62(58)72(71)46-78-73/h1-46H. The van der Waals surface area contributed by atoms with E-state index in [1.165, 1.54) is 112 Å². The van der Waals surface area contributed by atoms with E-state index in [-0.39, 0.29) is 0 Å². The molecule has 0 aliphatic heterocycles. The van der Waals surface area contributed by atoms with Crippen LogP contribution >= 0.6 is 11.3 Å². The molecule has 0 N–H and O–H groups in total. The average molecular weight is 1030 g/mol. The van der Waals surface area contributed by atoms with Gasteiger partial charge in [-0.1, -0.05) is 200 Å². The largest absolute Gasteiger partial charge is 0.309 e. The summed E-state index contributed by atoms with van der Waals surface area (Å²) in [7, 11) is 0. The van der Waals surface area contributed by atoms with Gasteiger partial charge in [-0.15, -0.1) is 11.3 Å². The first-order valence-electron chi connectivity index (χ1n) is 27.5. The van der Waals surface area contributed by atoms with Crippen molar-refractivity contribution >= 4 is 118 Å².